The summed E-state index contributed by atoms with van der Waals surface area (Å²) in [6, 6.07) is 0. The van der Waals surface area contributed by atoms with Gasteiger partial charge in [-0.25, -0.2) is 0 Å². The van der Waals surface area contributed by atoms with Crippen molar-refractivity contribution >= 4 is 17.7 Å². The van der Waals surface area contributed by atoms with Gasteiger partial charge in [-0.15, -0.1) is 22.0 Å². The molecule has 0 saturated carbocycles. The SMILES string of the molecule is CC(SCc1nnn(C)n1)C(=O)O. The second-order valence-corrected chi connectivity index (χ2v) is 3.82. The van der Waals surface area contributed by atoms with E-state index in [9.17, 15) is 4.79 Å². The Morgan fingerprint density at radius 1 is 1.77 bits per heavy atom. The highest BCUT2D eigenvalue weighted by atomic mass is 32.2. The molecule has 0 radical (unpaired) electrons. The van der Waals surface area contributed by atoms with Gasteiger partial charge in [-0.3, -0.25) is 4.79 Å². The third-order valence-corrected chi connectivity index (χ3v) is 2.49. The summed E-state index contributed by atoms with van der Waals surface area (Å²) in [7, 11) is 1.67. The molecule has 0 saturated heterocycles. The van der Waals surface area contributed by atoms with Crippen molar-refractivity contribution in [2.75, 3.05) is 0 Å². The van der Waals surface area contributed by atoms with E-state index >= 15 is 0 Å². The molecule has 1 N–H and O–H groups in total. The standard InChI is InChI=1S/C6H10N4O2S/c1-4(6(11)12)13-3-5-7-9-10(2)8-5/h4H,3H2,1-2H3,(H,11,12). The molecule has 0 amide bonds. The normalized spacial score (nSPS) is 12.8. The molecule has 0 aliphatic rings. The van der Waals surface area contributed by atoms with Gasteiger partial charge in [0.25, 0.3) is 0 Å². The summed E-state index contributed by atoms with van der Waals surface area (Å²) in [6.07, 6.45) is 0. The third-order valence-electron chi connectivity index (χ3n) is 1.36. The maximum atomic E-state index is 10.4. The van der Waals surface area contributed by atoms with Crippen LogP contribution in [0, 0.1) is 0 Å². The average molecular weight is 202 g/mol. The summed E-state index contributed by atoms with van der Waals surface area (Å²) >= 11 is 1.27. The summed E-state index contributed by atoms with van der Waals surface area (Å²) < 4.78 is 0. The minimum absolute atomic E-state index is 0.441. The Balaban J connectivity index is 2.39. The van der Waals surface area contributed by atoms with Crippen molar-refractivity contribution in [3.8, 4) is 0 Å². The number of hydrogen-bond acceptors (Lipinski definition) is 5. The van der Waals surface area contributed by atoms with Crippen LogP contribution in [-0.2, 0) is 17.6 Å². The van der Waals surface area contributed by atoms with Crippen LogP contribution in [0.5, 0.6) is 0 Å². The molecule has 1 aromatic heterocycles. The van der Waals surface area contributed by atoms with E-state index in [1.54, 1.807) is 14.0 Å². The first kappa shape index (κ1) is 9.97. The Kier molecular flexibility index (Phi) is 3.24. The number of tetrazole rings is 1. The number of nitrogens with zero attached hydrogens (tertiary/aromatic N) is 4. The van der Waals surface area contributed by atoms with E-state index in [1.165, 1.54) is 16.6 Å². The second-order valence-electron chi connectivity index (χ2n) is 2.49. The highest BCUT2D eigenvalue weighted by molar-refractivity contribution is 7.99. The fourth-order valence-corrected chi connectivity index (χ4v) is 1.31. The lowest BCUT2D eigenvalue weighted by Gasteiger charge is -2.01. The molecule has 1 rings (SSSR count). The van der Waals surface area contributed by atoms with Gasteiger partial charge in [0.1, 0.15) is 0 Å². The fraction of sp³-hybridized carbons (Fsp3) is 0.667. The van der Waals surface area contributed by atoms with Crippen LogP contribution < -0.4 is 0 Å². The zero-order chi connectivity index (χ0) is 9.84. The summed E-state index contributed by atoms with van der Waals surface area (Å²) in [5, 5.41) is 19.4. The molecule has 0 bridgehead atoms. The molecule has 1 atom stereocenters. The monoisotopic (exact) mass is 202 g/mol. The molecule has 13 heavy (non-hydrogen) atoms. The molecule has 0 aromatic carbocycles. The lowest BCUT2D eigenvalue weighted by atomic mass is 10.5. The zero-order valence-corrected chi connectivity index (χ0v) is 8.15. The van der Waals surface area contributed by atoms with Crippen LogP contribution in [0.4, 0.5) is 0 Å². The lowest BCUT2D eigenvalue weighted by molar-refractivity contribution is -0.136. The topological polar surface area (TPSA) is 80.9 Å². The van der Waals surface area contributed by atoms with E-state index in [0.29, 0.717) is 11.6 Å². The molecule has 0 aliphatic heterocycles. The van der Waals surface area contributed by atoms with Gasteiger partial charge in [0.2, 0.25) is 0 Å². The van der Waals surface area contributed by atoms with E-state index in [2.05, 4.69) is 15.4 Å². The van der Waals surface area contributed by atoms with Crippen molar-refractivity contribution in [3.63, 3.8) is 0 Å². The highest BCUT2D eigenvalue weighted by Gasteiger charge is 2.12. The van der Waals surface area contributed by atoms with Gasteiger partial charge in [0.15, 0.2) is 5.82 Å². The largest absolute Gasteiger partial charge is 0.480 e. The molecular formula is C6H10N4O2S. The number of rotatable bonds is 4. The predicted molar refractivity (Wildman–Crippen MR) is 47.2 cm³/mol. The number of aryl methyl sites for hydroxylation is 1. The van der Waals surface area contributed by atoms with Crippen molar-refractivity contribution in [1.29, 1.82) is 0 Å². The smallest absolute Gasteiger partial charge is 0.316 e. The van der Waals surface area contributed by atoms with E-state index in [1.807, 2.05) is 0 Å². The number of aliphatic carboxylic acids is 1. The van der Waals surface area contributed by atoms with E-state index in [-0.39, 0.29) is 0 Å². The van der Waals surface area contributed by atoms with Crippen LogP contribution in [0.1, 0.15) is 12.7 Å². The minimum atomic E-state index is -0.825. The number of carboxylic acids is 1. The maximum Gasteiger partial charge on any atom is 0.316 e. The van der Waals surface area contributed by atoms with E-state index in [4.69, 9.17) is 5.11 Å². The first-order chi connectivity index (χ1) is 6.09. The number of aromatic nitrogens is 4. The van der Waals surface area contributed by atoms with Gasteiger partial charge in [-0.2, -0.15) is 4.80 Å². The summed E-state index contributed by atoms with van der Waals surface area (Å²) in [5.41, 5.74) is 0. The van der Waals surface area contributed by atoms with Crippen LogP contribution >= 0.6 is 11.8 Å². The van der Waals surface area contributed by atoms with Crippen molar-refractivity contribution in [2.45, 2.75) is 17.9 Å². The number of carbonyl (C=O) groups is 1. The molecule has 6 nitrogen and oxygen atoms in total. The maximum absolute atomic E-state index is 10.4. The zero-order valence-electron chi connectivity index (χ0n) is 7.34. The van der Waals surface area contributed by atoms with Crippen molar-refractivity contribution in [3.05, 3.63) is 5.82 Å². The van der Waals surface area contributed by atoms with Crippen molar-refractivity contribution < 1.29 is 9.90 Å². The Morgan fingerprint density at radius 3 is 2.92 bits per heavy atom. The fourth-order valence-electron chi connectivity index (χ4n) is 0.652. The van der Waals surface area contributed by atoms with E-state index in [0.717, 1.165) is 0 Å². The average Bonchev–Trinajstić information content (AvgIpc) is 2.47. The summed E-state index contributed by atoms with van der Waals surface area (Å²) in [6.45, 7) is 1.63. The molecule has 1 unspecified atom stereocenters. The summed E-state index contributed by atoms with van der Waals surface area (Å²) in [4.78, 5) is 11.8. The van der Waals surface area contributed by atoms with Gasteiger partial charge < -0.3 is 5.11 Å². The van der Waals surface area contributed by atoms with Crippen molar-refractivity contribution in [1.82, 2.24) is 20.2 Å². The molecule has 72 valence electrons. The van der Waals surface area contributed by atoms with Crippen LogP contribution in [0.2, 0.25) is 0 Å². The second kappa shape index (κ2) is 4.22. The van der Waals surface area contributed by atoms with Crippen LogP contribution in [0.15, 0.2) is 0 Å². The van der Waals surface area contributed by atoms with Gasteiger partial charge in [0, 0.05) is 0 Å². The first-order valence-electron chi connectivity index (χ1n) is 3.67. The lowest BCUT2D eigenvalue weighted by Crippen LogP contribution is -2.11. The summed E-state index contributed by atoms with van der Waals surface area (Å²) in [5.74, 6) is 0.205. The van der Waals surface area contributed by atoms with Gasteiger partial charge in [-0.05, 0) is 12.1 Å². The van der Waals surface area contributed by atoms with Gasteiger partial charge >= 0.3 is 5.97 Å². The molecular weight excluding hydrogens is 192 g/mol. The Morgan fingerprint density at radius 2 is 2.46 bits per heavy atom. The third kappa shape index (κ3) is 3.02. The minimum Gasteiger partial charge on any atom is -0.480 e. The van der Waals surface area contributed by atoms with Gasteiger partial charge in [-0.1, -0.05) is 0 Å². The van der Waals surface area contributed by atoms with Crippen LogP contribution in [0.25, 0.3) is 0 Å². The molecule has 0 fully saturated rings. The number of hydrogen-bond donors (Lipinski definition) is 1. The van der Waals surface area contributed by atoms with Crippen LogP contribution in [0.3, 0.4) is 0 Å². The molecule has 1 aromatic rings. The predicted octanol–water partition coefficient (Wildman–Crippen LogP) is -0.0836. The van der Waals surface area contributed by atoms with Crippen molar-refractivity contribution in [2.24, 2.45) is 7.05 Å². The van der Waals surface area contributed by atoms with Crippen LogP contribution in [-0.4, -0.2) is 36.5 Å². The number of carboxylic acid groups (broad SMARTS) is 1. The Hall–Kier alpha value is -1.11. The molecule has 1 heterocycles. The molecule has 7 heteroatoms. The first-order valence-corrected chi connectivity index (χ1v) is 4.71. The number of thioether (sulfide) groups is 1. The Labute approximate surface area is 79.3 Å². The quantitative estimate of drug-likeness (QED) is 0.735. The highest BCUT2D eigenvalue weighted by Crippen LogP contribution is 2.14. The molecule has 0 aliphatic carbocycles. The Bertz CT molecular complexity index is 301. The van der Waals surface area contributed by atoms with Gasteiger partial charge in [0.05, 0.1) is 18.1 Å². The van der Waals surface area contributed by atoms with E-state index < -0.39 is 11.2 Å². The molecule has 0 spiro atoms.